The number of nitro benzene ring substituents is 1. The van der Waals surface area contributed by atoms with Gasteiger partial charge in [-0.1, -0.05) is 6.92 Å². The van der Waals surface area contributed by atoms with Crippen molar-refractivity contribution in [1.82, 2.24) is 4.31 Å². The Morgan fingerprint density at radius 3 is 2.50 bits per heavy atom. The third-order valence-electron chi connectivity index (χ3n) is 3.45. The number of benzene rings is 1. The predicted molar refractivity (Wildman–Crippen MR) is 70.2 cm³/mol. The maximum absolute atomic E-state index is 13.6. The van der Waals surface area contributed by atoms with E-state index in [1.807, 2.05) is 6.92 Å². The molecule has 2 rings (SSSR count). The highest BCUT2D eigenvalue weighted by molar-refractivity contribution is 7.89. The number of halogens is 1. The predicted octanol–water partition coefficient (Wildman–Crippen LogP) is 2.15. The number of nitro groups is 1. The number of sulfonamides is 1. The number of hydrogen-bond acceptors (Lipinski definition) is 4. The molecule has 1 fully saturated rings. The summed E-state index contributed by atoms with van der Waals surface area (Å²) in [5.41, 5.74) is -0.730. The van der Waals surface area contributed by atoms with Gasteiger partial charge in [0.05, 0.1) is 9.82 Å². The summed E-state index contributed by atoms with van der Waals surface area (Å²) in [6.07, 6.45) is 0.745. The van der Waals surface area contributed by atoms with Crippen molar-refractivity contribution in [1.29, 1.82) is 0 Å². The molecule has 1 saturated heterocycles. The lowest BCUT2D eigenvalue weighted by Crippen LogP contribution is -2.34. The van der Waals surface area contributed by atoms with E-state index in [9.17, 15) is 22.9 Å². The van der Waals surface area contributed by atoms with E-state index in [-0.39, 0.29) is 16.9 Å². The number of rotatable bonds is 3. The Labute approximate surface area is 116 Å². The highest BCUT2D eigenvalue weighted by Crippen LogP contribution is 2.30. The quantitative estimate of drug-likeness (QED) is 0.633. The van der Waals surface area contributed by atoms with Crippen LogP contribution in [0.1, 0.15) is 20.3 Å². The van der Waals surface area contributed by atoms with Crippen LogP contribution in [0.5, 0.6) is 0 Å². The van der Waals surface area contributed by atoms with Crippen molar-refractivity contribution in [2.24, 2.45) is 5.92 Å². The molecule has 0 aromatic heterocycles. The maximum atomic E-state index is 13.6. The zero-order chi connectivity index (χ0) is 15.1. The first kappa shape index (κ1) is 14.9. The Morgan fingerprint density at radius 2 is 2.05 bits per heavy atom. The molecule has 1 heterocycles. The van der Waals surface area contributed by atoms with Gasteiger partial charge in [0.2, 0.25) is 15.8 Å². The van der Waals surface area contributed by atoms with Crippen LogP contribution in [-0.2, 0) is 10.0 Å². The van der Waals surface area contributed by atoms with Crippen LogP contribution in [0.25, 0.3) is 0 Å². The molecule has 0 saturated carbocycles. The lowest BCUT2D eigenvalue weighted by molar-refractivity contribution is -0.387. The van der Waals surface area contributed by atoms with E-state index < -0.39 is 26.5 Å². The fraction of sp³-hybridized carbons (Fsp3) is 0.500. The Bertz CT molecular complexity index is 647. The van der Waals surface area contributed by atoms with E-state index in [0.717, 1.165) is 18.6 Å². The molecule has 2 atom stereocenters. The molecule has 8 heteroatoms. The van der Waals surface area contributed by atoms with E-state index in [1.54, 1.807) is 6.92 Å². The van der Waals surface area contributed by atoms with Gasteiger partial charge < -0.3 is 0 Å². The summed E-state index contributed by atoms with van der Waals surface area (Å²) in [5.74, 6) is -0.904. The van der Waals surface area contributed by atoms with E-state index in [4.69, 9.17) is 0 Å². The molecular formula is C12H15FN2O4S. The van der Waals surface area contributed by atoms with Gasteiger partial charge in [0, 0.05) is 24.7 Å². The van der Waals surface area contributed by atoms with Gasteiger partial charge in [-0.3, -0.25) is 10.1 Å². The lowest BCUT2D eigenvalue weighted by atomic mass is 10.1. The van der Waals surface area contributed by atoms with Crippen molar-refractivity contribution in [3.63, 3.8) is 0 Å². The summed E-state index contributed by atoms with van der Waals surface area (Å²) in [7, 11) is -3.82. The number of nitrogens with zero attached hydrogens (tertiary/aromatic N) is 2. The largest absolute Gasteiger partial charge is 0.304 e. The lowest BCUT2D eigenvalue weighted by Gasteiger charge is -2.20. The third kappa shape index (κ3) is 2.53. The van der Waals surface area contributed by atoms with Crippen LogP contribution in [0.4, 0.5) is 10.1 Å². The van der Waals surface area contributed by atoms with Gasteiger partial charge in [-0.15, -0.1) is 0 Å². The van der Waals surface area contributed by atoms with Crippen molar-refractivity contribution < 1.29 is 17.7 Å². The van der Waals surface area contributed by atoms with Gasteiger partial charge in [0.1, 0.15) is 0 Å². The molecule has 6 nitrogen and oxygen atoms in total. The third-order valence-corrected chi connectivity index (χ3v) is 5.43. The Kier molecular flexibility index (Phi) is 3.79. The zero-order valence-corrected chi connectivity index (χ0v) is 11.9. The van der Waals surface area contributed by atoms with Crippen molar-refractivity contribution in [3.8, 4) is 0 Å². The van der Waals surface area contributed by atoms with Crippen molar-refractivity contribution >= 4 is 15.7 Å². The van der Waals surface area contributed by atoms with Gasteiger partial charge in [-0.2, -0.15) is 8.70 Å². The molecule has 0 radical (unpaired) electrons. The fourth-order valence-electron chi connectivity index (χ4n) is 2.53. The highest BCUT2D eigenvalue weighted by Gasteiger charge is 2.36. The molecule has 1 aromatic carbocycles. The second-order valence-electron chi connectivity index (χ2n) is 5.13. The summed E-state index contributed by atoms with van der Waals surface area (Å²) in [6, 6.07) is 2.51. The molecule has 0 bridgehead atoms. The molecule has 0 N–H and O–H groups in total. The zero-order valence-electron chi connectivity index (χ0n) is 11.1. The van der Waals surface area contributed by atoms with E-state index >= 15 is 0 Å². The SMILES string of the molecule is CC1CC(C)N(S(=O)(=O)c2ccc([N+](=O)[O-])c(F)c2)C1. The van der Waals surface area contributed by atoms with Gasteiger partial charge in [-0.05, 0) is 25.3 Å². The number of hydrogen-bond donors (Lipinski definition) is 0. The van der Waals surface area contributed by atoms with Crippen LogP contribution in [0.3, 0.4) is 0 Å². The Hall–Kier alpha value is -1.54. The summed E-state index contributed by atoms with van der Waals surface area (Å²) < 4.78 is 39.7. The average Bonchev–Trinajstić information content (AvgIpc) is 2.68. The Morgan fingerprint density at radius 1 is 1.40 bits per heavy atom. The van der Waals surface area contributed by atoms with Crippen molar-refractivity contribution in [2.45, 2.75) is 31.2 Å². The molecule has 1 aliphatic rings. The minimum absolute atomic E-state index is 0.159. The van der Waals surface area contributed by atoms with E-state index in [0.29, 0.717) is 12.6 Å². The second kappa shape index (κ2) is 5.10. The van der Waals surface area contributed by atoms with Crippen molar-refractivity contribution in [3.05, 3.63) is 34.1 Å². The first-order valence-electron chi connectivity index (χ1n) is 6.19. The molecule has 0 amide bonds. The van der Waals surface area contributed by atoms with Crippen LogP contribution in [-0.4, -0.2) is 30.2 Å². The molecule has 110 valence electrons. The van der Waals surface area contributed by atoms with Crippen LogP contribution in [0.15, 0.2) is 23.1 Å². The summed E-state index contributed by atoms with van der Waals surface area (Å²) >= 11 is 0. The molecule has 1 aliphatic heterocycles. The summed E-state index contributed by atoms with van der Waals surface area (Å²) in [6.45, 7) is 4.12. The Balaban J connectivity index is 2.40. The van der Waals surface area contributed by atoms with Gasteiger partial charge in [0.15, 0.2) is 0 Å². The van der Waals surface area contributed by atoms with Crippen LogP contribution < -0.4 is 0 Å². The fourth-order valence-corrected chi connectivity index (χ4v) is 4.30. The smallest absolute Gasteiger partial charge is 0.258 e. The van der Waals surface area contributed by atoms with Gasteiger partial charge in [0.25, 0.3) is 0 Å². The summed E-state index contributed by atoms with van der Waals surface area (Å²) in [4.78, 5) is 9.41. The normalized spacial score (nSPS) is 23.9. The minimum atomic E-state index is -3.82. The maximum Gasteiger partial charge on any atom is 0.304 e. The molecule has 0 aliphatic carbocycles. The molecular weight excluding hydrogens is 287 g/mol. The van der Waals surface area contributed by atoms with Crippen LogP contribution >= 0.6 is 0 Å². The van der Waals surface area contributed by atoms with Gasteiger partial charge in [-0.25, -0.2) is 8.42 Å². The monoisotopic (exact) mass is 302 g/mol. The molecule has 20 heavy (non-hydrogen) atoms. The first-order valence-corrected chi connectivity index (χ1v) is 7.63. The van der Waals surface area contributed by atoms with Gasteiger partial charge >= 0.3 is 5.69 Å². The van der Waals surface area contributed by atoms with Crippen LogP contribution in [0.2, 0.25) is 0 Å². The second-order valence-corrected chi connectivity index (χ2v) is 7.03. The highest BCUT2D eigenvalue weighted by atomic mass is 32.2. The topological polar surface area (TPSA) is 80.5 Å². The molecule has 0 spiro atoms. The summed E-state index contributed by atoms with van der Waals surface area (Å²) in [5, 5.41) is 10.5. The average molecular weight is 302 g/mol. The van der Waals surface area contributed by atoms with Crippen molar-refractivity contribution in [2.75, 3.05) is 6.54 Å². The minimum Gasteiger partial charge on any atom is -0.258 e. The molecule has 2 unspecified atom stereocenters. The van der Waals surface area contributed by atoms with E-state index in [1.165, 1.54) is 4.31 Å². The van der Waals surface area contributed by atoms with Crippen LogP contribution in [0, 0.1) is 21.8 Å². The standard InChI is InChI=1S/C12H15FN2O4S/c1-8-5-9(2)14(7-8)20(18,19)10-3-4-12(15(16)17)11(13)6-10/h3-4,6,8-9H,5,7H2,1-2H3. The first-order chi connectivity index (χ1) is 9.23. The molecule has 1 aromatic rings. The van der Waals surface area contributed by atoms with E-state index in [2.05, 4.69) is 0 Å².